The van der Waals surface area contributed by atoms with E-state index in [-0.39, 0.29) is 5.91 Å². The highest BCUT2D eigenvalue weighted by atomic mass is 32.1. The zero-order valence-electron chi connectivity index (χ0n) is 16.1. The van der Waals surface area contributed by atoms with Gasteiger partial charge >= 0.3 is 0 Å². The summed E-state index contributed by atoms with van der Waals surface area (Å²) in [6.07, 6.45) is 2.92. The standard InChI is InChI=1S/C22H25N3O2S/c1-2-24(13-18-10-11-27-16-18)22(26)19-15-25(14-17-7-4-3-5-8-17)23-21(19)20-9-6-12-28-20/h3-9,12,15,18H,2,10-11,13-14,16H2,1H3. The maximum Gasteiger partial charge on any atom is 0.257 e. The van der Waals surface area contributed by atoms with Crippen LogP contribution < -0.4 is 0 Å². The Labute approximate surface area is 169 Å². The van der Waals surface area contributed by atoms with Crippen molar-refractivity contribution in [2.24, 2.45) is 5.92 Å². The number of hydrogen-bond acceptors (Lipinski definition) is 4. The normalized spacial score (nSPS) is 16.4. The van der Waals surface area contributed by atoms with E-state index in [1.807, 2.05) is 58.4 Å². The van der Waals surface area contributed by atoms with Crippen LogP contribution in [0.4, 0.5) is 0 Å². The second-order valence-electron chi connectivity index (χ2n) is 7.13. The summed E-state index contributed by atoms with van der Waals surface area (Å²) in [6, 6.07) is 14.2. The molecule has 1 unspecified atom stereocenters. The molecule has 1 aromatic carbocycles. The molecule has 0 bridgehead atoms. The van der Waals surface area contributed by atoms with E-state index in [0.717, 1.165) is 42.3 Å². The SMILES string of the molecule is CCN(CC1CCOC1)C(=O)c1cn(Cc2ccccc2)nc1-c1cccs1. The summed E-state index contributed by atoms with van der Waals surface area (Å²) in [5, 5.41) is 6.79. The number of nitrogens with zero attached hydrogens (tertiary/aromatic N) is 3. The fraction of sp³-hybridized carbons (Fsp3) is 0.364. The lowest BCUT2D eigenvalue weighted by Crippen LogP contribution is -2.35. The summed E-state index contributed by atoms with van der Waals surface area (Å²) in [7, 11) is 0. The van der Waals surface area contributed by atoms with Gasteiger partial charge in [0.2, 0.25) is 0 Å². The summed E-state index contributed by atoms with van der Waals surface area (Å²) in [4.78, 5) is 16.3. The van der Waals surface area contributed by atoms with E-state index in [1.165, 1.54) is 0 Å². The van der Waals surface area contributed by atoms with Crippen LogP contribution in [0, 0.1) is 5.92 Å². The van der Waals surface area contributed by atoms with E-state index in [0.29, 0.717) is 24.6 Å². The lowest BCUT2D eigenvalue weighted by atomic mass is 10.1. The molecule has 146 valence electrons. The van der Waals surface area contributed by atoms with Crippen molar-refractivity contribution >= 4 is 17.2 Å². The third-order valence-corrected chi connectivity index (χ3v) is 5.98. The van der Waals surface area contributed by atoms with Crippen molar-refractivity contribution in [1.82, 2.24) is 14.7 Å². The van der Waals surface area contributed by atoms with Gasteiger partial charge in [-0.2, -0.15) is 5.10 Å². The first-order valence-corrected chi connectivity index (χ1v) is 10.6. The van der Waals surface area contributed by atoms with Crippen LogP contribution in [0.25, 0.3) is 10.6 Å². The Hall–Kier alpha value is -2.44. The molecule has 5 nitrogen and oxygen atoms in total. The van der Waals surface area contributed by atoms with Crippen LogP contribution >= 0.6 is 11.3 Å². The number of amides is 1. The molecule has 1 aliphatic heterocycles. The Morgan fingerprint density at radius 1 is 1.29 bits per heavy atom. The molecular formula is C22H25N3O2S. The molecule has 1 amide bonds. The summed E-state index contributed by atoms with van der Waals surface area (Å²) >= 11 is 1.61. The minimum Gasteiger partial charge on any atom is -0.381 e. The molecule has 0 spiro atoms. The Balaban J connectivity index is 1.62. The van der Waals surface area contributed by atoms with Gasteiger partial charge in [-0.05, 0) is 30.4 Å². The molecule has 0 radical (unpaired) electrons. The molecule has 1 aliphatic rings. The van der Waals surface area contributed by atoms with Crippen LogP contribution in [0.1, 0.15) is 29.3 Å². The van der Waals surface area contributed by atoms with Gasteiger partial charge in [-0.25, -0.2) is 0 Å². The first-order chi connectivity index (χ1) is 13.7. The molecule has 1 fully saturated rings. The molecular weight excluding hydrogens is 370 g/mol. The van der Waals surface area contributed by atoms with E-state index in [9.17, 15) is 4.79 Å². The molecule has 4 rings (SSSR count). The third kappa shape index (κ3) is 4.18. The fourth-order valence-corrected chi connectivity index (χ4v) is 4.31. The minimum atomic E-state index is 0.0529. The van der Waals surface area contributed by atoms with E-state index < -0.39 is 0 Å². The van der Waals surface area contributed by atoms with E-state index in [4.69, 9.17) is 9.84 Å². The highest BCUT2D eigenvalue weighted by Crippen LogP contribution is 2.28. The minimum absolute atomic E-state index is 0.0529. The summed E-state index contributed by atoms with van der Waals surface area (Å²) < 4.78 is 7.37. The van der Waals surface area contributed by atoms with Crippen LogP contribution in [0.2, 0.25) is 0 Å². The van der Waals surface area contributed by atoms with Crippen LogP contribution in [0.15, 0.2) is 54.0 Å². The predicted molar refractivity (Wildman–Crippen MR) is 112 cm³/mol. The Bertz CT molecular complexity index is 899. The zero-order valence-corrected chi connectivity index (χ0v) is 16.9. The Morgan fingerprint density at radius 3 is 2.82 bits per heavy atom. The van der Waals surface area contributed by atoms with Gasteiger partial charge in [0.25, 0.3) is 5.91 Å². The van der Waals surface area contributed by atoms with Crippen molar-refractivity contribution < 1.29 is 9.53 Å². The lowest BCUT2D eigenvalue weighted by molar-refractivity contribution is 0.0731. The van der Waals surface area contributed by atoms with Gasteiger partial charge in [0.15, 0.2) is 0 Å². The van der Waals surface area contributed by atoms with Crippen LogP contribution in [-0.2, 0) is 11.3 Å². The van der Waals surface area contributed by atoms with Crippen molar-refractivity contribution in [2.45, 2.75) is 19.9 Å². The maximum atomic E-state index is 13.4. The van der Waals surface area contributed by atoms with Gasteiger partial charge in [0.1, 0.15) is 5.69 Å². The van der Waals surface area contributed by atoms with Crippen LogP contribution in [-0.4, -0.2) is 46.9 Å². The first-order valence-electron chi connectivity index (χ1n) is 9.77. The fourth-order valence-electron chi connectivity index (χ4n) is 3.59. The molecule has 3 heterocycles. The molecule has 28 heavy (non-hydrogen) atoms. The van der Waals surface area contributed by atoms with Crippen LogP contribution in [0.5, 0.6) is 0 Å². The second-order valence-corrected chi connectivity index (χ2v) is 8.07. The molecule has 2 aromatic heterocycles. The predicted octanol–water partition coefficient (Wildman–Crippen LogP) is 4.16. The topological polar surface area (TPSA) is 47.4 Å². The molecule has 1 saturated heterocycles. The summed E-state index contributed by atoms with van der Waals surface area (Å²) in [6.45, 7) is 5.65. The quantitative estimate of drug-likeness (QED) is 0.604. The average molecular weight is 396 g/mol. The number of rotatable bonds is 7. The van der Waals surface area contributed by atoms with E-state index >= 15 is 0 Å². The number of carbonyl (C=O) groups excluding carboxylic acids is 1. The van der Waals surface area contributed by atoms with Crippen LogP contribution in [0.3, 0.4) is 0 Å². The number of carbonyl (C=O) groups is 1. The van der Waals surface area contributed by atoms with Gasteiger partial charge in [0, 0.05) is 31.8 Å². The van der Waals surface area contributed by atoms with E-state index in [1.54, 1.807) is 11.3 Å². The smallest absolute Gasteiger partial charge is 0.257 e. The van der Waals surface area contributed by atoms with Gasteiger partial charge in [-0.1, -0.05) is 36.4 Å². The monoisotopic (exact) mass is 395 g/mol. The second kappa shape index (κ2) is 8.71. The zero-order chi connectivity index (χ0) is 19.3. The van der Waals surface area contributed by atoms with Gasteiger partial charge < -0.3 is 9.64 Å². The number of hydrogen-bond donors (Lipinski definition) is 0. The average Bonchev–Trinajstić information content (AvgIpc) is 3.47. The lowest BCUT2D eigenvalue weighted by Gasteiger charge is -2.23. The van der Waals surface area contributed by atoms with Gasteiger partial charge in [-0.3, -0.25) is 9.48 Å². The molecule has 3 aromatic rings. The molecule has 1 atom stereocenters. The third-order valence-electron chi connectivity index (χ3n) is 5.11. The molecule has 0 saturated carbocycles. The van der Waals surface area contributed by atoms with E-state index in [2.05, 4.69) is 12.1 Å². The van der Waals surface area contributed by atoms with Gasteiger partial charge in [0.05, 0.1) is 23.6 Å². The Kier molecular flexibility index (Phi) is 5.88. The summed E-state index contributed by atoms with van der Waals surface area (Å²) in [5.74, 6) is 0.477. The number of benzene rings is 1. The first kappa shape index (κ1) is 18.9. The van der Waals surface area contributed by atoms with Crippen molar-refractivity contribution in [3.63, 3.8) is 0 Å². The number of aromatic nitrogens is 2. The largest absolute Gasteiger partial charge is 0.381 e. The number of ether oxygens (including phenoxy) is 1. The maximum absolute atomic E-state index is 13.4. The highest BCUT2D eigenvalue weighted by Gasteiger charge is 2.26. The molecule has 6 heteroatoms. The highest BCUT2D eigenvalue weighted by molar-refractivity contribution is 7.13. The number of thiophene rings is 1. The molecule has 0 N–H and O–H groups in total. The van der Waals surface area contributed by atoms with Crippen molar-refractivity contribution in [3.05, 3.63) is 65.2 Å². The van der Waals surface area contributed by atoms with Crippen molar-refractivity contribution in [1.29, 1.82) is 0 Å². The Morgan fingerprint density at radius 2 is 2.14 bits per heavy atom. The van der Waals surface area contributed by atoms with Crippen molar-refractivity contribution in [3.8, 4) is 10.6 Å². The molecule has 0 aliphatic carbocycles. The van der Waals surface area contributed by atoms with Crippen molar-refractivity contribution in [2.75, 3.05) is 26.3 Å². The van der Waals surface area contributed by atoms with Gasteiger partial charge in [-0.15, -0.1) is 11.3 Å². The summed E-state index contributed by atoms with van der Waals surface area (Å²) in [5.41, 5.74) is 2.62.